The van der Waals surface area contributed by atoms with Crippen LogP contribution in [0.15, 0.2) is 66.2 Å². The number of likely N-dealkylation sites (tertiary alicyclic amines) is 1. The number of ether oxygens (including phenoxy) is 4. The van der Waals surface area contributed by atoms with E-state index < -0.39 is 17.7 Å². The summed E-state index contributed by atoms with van der Waals surface area (Å²) in [5.74, 6) is 0.00317. The van der Waals surface area contributed by atoms with Crippen LogP contribution < -0.4 is 18.9 Å². The van der Waals surface area contributed by atoms with Crippen molar-refractivity contribution in [3.8, 4) is 23.0 Å². The van der Waals surface area contributed by atoms with Crippen LogP contribution >= 0.6 is 11.6 Å². The molecule has 1 fully saturated rings. The molecule has 3 aromatic rings. The molecule has 3 aromatic carbocycles. The zero-order valence-electron chi connectivity index (χ0n) is 20.8. The van der Waals surface area contributed by atoms with Gasteiger partial charge in [-0.1, -0.05) is 29.8 Å². The van der Waals surface area contributed by atoms with Crippen molar-refractivity contribution in [2.45, 2.75) is 12.6 Å². The summed E-state index contributed by atoms with van der Waals surface area (Å²) in [6, 6.07) is 16.0. The van der Waals surface area contributed by atoms with Crippen LogP contribution in [0.25, 0.3) is 5.76 Å². The van der Waals surface area contributed by atoms with Gasteiger partial charge in [-0.15, -0.1) is 0 Å². The zero-order valence-corrected chi connectivity index (χ0v) is 21.5. The molecule has 0 aromatic heterocycles. The Kier molecular flexibility index (Phi) is 7.59. The first-order chi connectivity index (χ1) is 17.8. The summed E-state index contributed by atoms with van der Waals surface area (Å²) in [6.45, 7) is 0.0769. The highest BCUT2D eigenvalue weighted by atomic mass is 35.5. The summed E-state index contributed by atoms with van der Waals surface area (Å²) >= 11 is 6.15. The van der Waals surface area contributed by atoms with Gasteiger partial charge >= 0.3 is 0 Å². The molecule has 0 saturated carbocycles. The molecule has 1 atom stereocenters. The van der Waals surface area contributed by atoms with Crippen LogP contribution in [0.4, 0.5) is 0 Å². The number of benzene rings is 3. The fourth-order valence-electron chi connectivity index (χ4n) is 4.34. The standard InChI is InChI=1S/C28H26ClNO7/c1-34-19-7-5-6-17(13-19)25-24(26(31)18-9-10-20(29)22(14-18)36-3)27(32)28(33)30(25)15-16-8-11-21(35-2)23(12-16)37-4/h5-14,25,31H,15H2,1-4H3/b26-24-. The lowest BCUT2D eigenvalue weighted by Crippen LogP contribution is -2.29. The van der Waals surface area contributed by atoms with Crippen molar-refractivity contribution in [2.24, 2.45) is 0 Å². The number of aliphatic hydroxyl groups excluding tert-OH is 1. The summed E-state index contributed by atoms with van der Waals surface area (Å²) in [5.41, 5.74) is 1.54. The van der Waals surface area contributed by atoms with E-state index in [0.717, 1.165) is 0 Å². The highest BCUT2D eigenvalue weighted by Gasteiger charge is 2.46. The number of halogens is 1. The number of nitrogens with zero attached hydrogens (tertiary/aromatic N) is 1. The highest BCUT2D eigenvalue weighted by Crippen LogP contribution is 2.42. The van der Waals surface area contributed by atoms with E-state index in [1.807, 2.05) is 0 Å². The van der Waals surface area contributed by atoms with Crippen LogP contribution in [0.1, 0.15) is 22.7 Å². The average molecular weight is 524 g/mol. The quantitative estimate of drug-likeness (QED) is 0.252. The molecular weight excluding hydrogens is 498 g/mol. The molecule has 1 saturated heterocycles. The average Bonchev–Trinajstić information content (AvgIpc) is 3.17. The molecule has 4 rings (SSSR count). The van der Waals surface area contributed by atoms with Gasteiger partial charge in [-0.25, -0.2) is 0 Å². The Balaban J connectivity index is 1.87. The molecule has 1 heterocycles. The molecule has 0 bridgehead atoms. The lowest BCUT2D eigenvalue weighted by Gasteiger charge is -2.26. The fourth-order valence-corrected chi connectivity index (χ4v) is 4.53. The topological polar surface area (TPSA) is 94.5 Å². The second-order valence-corrected chi connectivity index (χ2v) is 8.65. The molecule has 1 amide bonds. The van der Waals surface area contributed by atoms with Crippen molar-refractivity contribution in [3.63, 3.8) is 0 Å². The third-order valence-electron chi connectivity index (χ3n) is 6.17. The number of aliphatic hydroxyl groups is 1. The molecule has 0 aliphatic carbocycles. The van der Waals surface area contributed by atoms with Gasteiger partial charge in [0.1, 0.15) is 17.3 Å². The van der Waals surface area contributed by atoms with Crippen LogP contribution in [-0.2, 0) is 16.1 Å². The zero-order chi connectivity index (χ0) is 26.7. The Morgan fingerprint density at radius 1 is 0.865 bits per heavy atom. The lowest BCUT2D eigenvalue weighted by atomic mass is 9.95. The Morgan fingerprint density at radius 2 is 1.59 bits per heavy atom. The minimum atomic E-state index is -0.884. The third kappa shape index (κ3) is 4.93. The van der Waals surface area contributed by atoms with Crippen LogP contribution in [-0.4, -0.2) is 50.1 Å². The minimum absolute atomic E-state index is 0.0527. The summed E-state index contributed by atoms with van der Waals surface area (Å²) in [7, 11) is 6.03. The molecule has 1 unspecified atom stereocenters. The fraction of sp³-hybridized carbons (Fsp3) is 0.214. The van der Waals surface area contributed by atoms with Crippen LogP contribution in [0.5, 0.6) is 23.0 Å². The normalized spacial score (nSPS) is 16.6. The van der Waals surface area contributed by atoms with Crippen molar-refractivity contribution in [1.29, 1.82) is 0 Å². The molecule has 0 radical (unpaired) electrons. The Labute approximate surface area is 219 Å². The maximum atomic E-state index is 13.4. The lowest BCUT2D eigenvalue weighted by molar-refractivity contribution is -0.140. The van der Waals surface area contributed by atoms with Gasteiger partial charge in [-0.05, 0) is 53.6 Å². The van der Waals surface area contributed by atoms with E-state index >= 15 is 0 Å². The second kappa shape index (κ2) is 10.8. The maximum Gasteiger partial charge on any atom is 0.295 e. The molecule has 0 spiro atoms. The molecule has 1 aliphatic rings. The first-order valence-corrected chi connectivity index (χ1v) is 11.7. The predicted octanol–water partition coefficient (Wildman–Crippen LogP) is 5.00. The van der Waals surface area contributed by atoms with Gasteiger partial charge in [-0.2, -0.15) is 0 Å². The molecule has 37 heavy (non-hydrogen) atoms. The number of carbonyl (C=O) groups excluding carboxylic acids is 2. The second-order valence-electron chi connectivity index (χ2n) is 8.24. The van der Waals surface area contributed by atoms with E-state index in [2.05, 4.69) is 0 Å². The first-order valence-electron chi connectivity index (χ1n) is 11.3. The SMILES string of the molecule is COc1cccc(C2/C(=C(/O)c3ccc(Cl)c(OC)c3)C(=O)C(=O)N2Cc2ccc(OC)c(OC)c2)c1. The van der Waals surface area contributed by atoms with Crippen molar-refractivity contribution in [1.82, 2.24) is 4.90 Å². The molecule has 192 valence electrons. The van der Waals surface area contributed by atoms with Gasteiger partial charge in [-0.3, -0.25) is 9.59 Å². The van der Waals surface area contributed by atoms with Crippen LogP contribution in [0.3, 0.4) is 0 Å². The van der Waals surface area contributed by atoms with Crippen molar-refractivity contribution in [2.75, 3.05) is 28.4 Å². The number of carbonyl (C=O) groups is 2. The number of ketones is 1. The van der Waals surface area contributed by atoms with E-state index in [1.54, 1.807) is 54.6 Å². The van der Waals surface area contributed by atoms with Gasteiger partial charge in [0.2, 0.25) is 0 Å². The first kappa shape index (κ1) is 25.9. The van der Waals surface area contributed by atoms with Gasteiger partial charge in [0.05, 0.1) is 45.1 Å². The maximum absolute atomic E-state index is 13.4. The Hall–Kier alpha value is -4.17. The Bertz CT molecular complexity index is 1380. The molecule has 8 nitrogen and oxygen atoms in total. The number of rotatable bonds is 8. The number of Topliss-reactive ketones (excluding diaryl/α,β-unsaturated/α-hetero) is 1. The van der Waals surface area contributed by atoms with Gasteiger partial charge in [0.15, 0.2) is 11.5 Å². The predicted molar refractivity (Wildman–Crippen MR) is 138 cm³/mol. The summed E-state index contributed by atoms with van der Waals surface area (Å²) in [6.07, 6.45) is 0. The molecular formula is C28H26ClNO7. The largest absolute Gasteiger partial charge is 0.507 e. The minimum Gasteiger partial charge on any atom is -0.507 e. The smallest absolute Gasteiger partial charge is 0.295 e. The number of amides is 1. The molecule has 1 N–H and O–H groups in total. The van der Waals surface area contributed by atoms with Crippen molar-refractivity contribution in [3.05, 3.63) is 87.9 Å². The van der Waals surface area contributed by atoms with E-state index in [0.29, 0.717) is 44.7 Å². The van der Waals surface area contributed by atoms with E-state index in [4.69, 9.17) is 30.5 Å². The van der Waals surface area contributed by atoms with Crippen molar-refractivity contribution < 1.29 is 33.6 Å². The van der Waals surface area contributed by atoms with Crippen molar-refractivity contribution >= 4 is 29.1 Å². The number of hydrogen-bond acceptors (Lipinski definition) is 7. The van der Waals surface area contributed by atoms with E-state index in [1.165, 1.54) is 39.4 Å². The summed E-state index contributed by atoms with van der Waals surface area (Å²) in [5, 5.41) is 11.7. The summed E-state index contributed by atoms with van der Waals surface area (Å²) in [4.78, 5) is 28.1. The summed E-state index contributed by atoms with van der Waals surface area (Å²) < 4.78 is 21.3. The van der Waals surface area contributed by atoms with E-state index in [9.17, 15) is 14.7 Å². The van der Waals surface area contributed by atoms with Gasteiger partial charge in [0.25, 0.3) is 11.7 Å². The molecule has 1 aliphatic heterocycles. The highest BCUT2D eigenvalue weighted by molar-refractivity contribution is 6.46. The molecule has 9 heteroatoms. The number of hydrogen-bond donors (Lipinski definition) is 1. The van der Waals surface area contributed by atoms with Gasteiger partial charge < -0.3 is 29.0 Å². The van der Waals surface area contributed by atoms with E-state index in [-0.39, 0.29) is 17.9 Å². The monoisotopic (exact) mass is 523 g/mol. The Morgan fingerprint density at radius 3 is 2.27 bits per heavy atom. The number of methoxy groups -OCH3 is 4. The van der Waals surface area contributed by atoms with Crippen LogP contribution in [0, 0.1) is 0 Å². The van der Waals surface area contributed by atoms with Crippen LogP contribution in [0.2, 0.25) is 5.02 Å². The van der Waals surface area contributed by atoms with Gasteiger partial charge in [0, 0.05) is 12.1 Å². The third-order valence-corrected chi connectivity index (χ3v) is 6.49.